The van der Waals surface area contributed by atoms with Crippen molar-refractivity contribution in [2.45, 2.75) is 12.3 Å². The Morgan fingerprint density at radius 2 is 0.944 bits per heavy atom. The van der Waals surface area contributed by atoms with Crippen LogP contribution < -0.4 is 0 Å². The molecule has 10 aromatic carbocycles. The van der Waals surface area contributed by atoms with Crippen LogP contribution in [0.25, 0.3) is 87.6 Å². The lowest BCUT2D eigenvalue weighted by Crippen LogP contribution is -2.22. The summed E-state index contributed by atoms with van der Waals surface area (Å²) < 4.78 is 0. The zero-order valence-electron chi connectivity index (χ0n) is 30.1. The molecule has 1 atom stereocenters. The predicted molar refractivity (Wildman–Crippen MR) is 230 cm³/mol. The van der Waals surface area contributed by atoms with Gasteiger partial charge >= 0.3 is 0 Å². The standard InChI is InChI=1S/C54H36/c1-54(42-18-3-2-4-19-42)51-25-12-11-24-47(51)50-32-36-26-27-39(31-41(36)34-52(50)54)45-22-10-9-21-44(45)37-16-13-17-40(30-37)53-46-23-8-6-15-38(46)33-49-43-20-7-5-14-35(43)28-29-48(49)53/h2-34H,1H3. The van der Waals surface area contributed by atoms with Crippen molar-refractivity contribution >= 4 is 43.1 Å². The summed E-state index contributed by atoms with van der Waals surface area (Å²) in [6.07, 6.45) is 0. The second-order valence-corrected chi connectivity index (χ2v) is 15.0. The van der Waals surface area contributed by atoms with Crippen molar-refractivity contribution in [3.8, 4) is 44.5 Å². The van der Waals surface area contributed by atoms with Gasteiger partial charge in [0.05, 0.1) is 0 Å². The topological polar surface area (TPSA) is 0 Å². The molecule has 10 aromatic rings. The molecule has 0 bridgehead atoms. The first-order valence-electron chi connectivity index (χ1n) is 18.9. The lowest BCUT2D eigenvalue weighted by Gasteiger charge is -2.28. The molecule has 0 fully saturated rings. The van der Waals surface area contributed by atoms with E-state index in [4.69, 9.17) is 0 Å². The maximum absolute atomic E-state index is 2.46. The van der Waals surface area contributed by atoms with Crippen LogP contribution in [0.3, 0.4) is 0 Å². The maximum Gasteiger partial charge on any atom is 0.0435 e. The van der Waals surface area contributed by atoms with Gasteiger partial charge in [0.15, 0.2) is 0 Å². The van der Waals surface area contributed by atoms with E-state index in [1.807, 2.05) is 0 Å². The van der Waals surface area contributed by atoms with Gasteiger partial charge in [-0.2, -0.15) is 0 Å². The molecule has 11 rings (SSSR count). The van der Waals surface area contributed by atoms with E-state index in [0.29, 0.717) is 0 Å². The molecule has 1 aliphatic rings. The fourth-order valence-corrected chi connectivity index (χ4v) is 9.44. The second-order valence-electron chi connectivity index (χ2n) is 15.0. The predicted octanol–water partition coefficient (Wildman–Crippen LogP) is 14.6. The van der Waals surface area contributed by atoms with Crippen molar-refractivity contribution in [2.75, 3.05) is 0 Å². The molecule has 0 aromatic heterocycles. The quantitative estimate of drug-likeness (QED) is 0.128. The highest BCUT2D eigenvalue weighted by Gasteiger charge is 2.40. The van der Waals surface area contributed by atoms with E-state index in [9.17, 15) is 0 Å². The Morgan fingerprint density at radius 1 is 0.296 bits per heavy atom. The molecule has 252 valence electrons. The lowest BCUT2D eigenvalue weighted by atomic mass is 9.74. The van der Waals surface area contributed by atoms with Crippen molar-refractivity contribution in [1.29, 1.82) is 0 Å². The molecule has 54 heavy (non-hydrogen) atoms. The molecule has 0 amide bonds. The van der Waals surface area contributed by atoms with Gasteiger partial charge in [-0.05, 0) is 142 Å². The van der Waals surface area contributed by atoms with Gasteiger partial charge in [0.1, 0.15) is 0 Å². The summed E-state index contributed by atoms with van der Waals surface area (Å²) in [4.78, 5) is 0. The highest BCUT2D eigenvalue weighted by atomic mass is 14.4. The minimum atomic E-state index is -0.228. The molecular formula is C54H36. The smallest absolute Gasteiger partial charge is 0.0435 e. The number of benzene rings is 10. The summed E-state index contributed by atoms with van der Waals surface area (Å²) >= 11 is 0. The summed E-state index contributed by atoms with van der Waals surface area (Å²) in [7, 11) is 0. The number of hydrogen-bond donors (Lipinski definition) is 0. The Bertz CT molecular complexity index is 3110. The molecule has 0 N–H and O–H groups in total. The van der Waals surface area contributed by atoms with Crippen molar-refractivity contribution in [2.24, 2.45) is 0 Å². The molecule has 1 aliphatic carbocycles. The minimum absolute atomic E-state index is 0.228. The third kappa shape index (κ3) is 4.57. The van der Waals surface area contributed by atoms with Crippen LogP contribution in [0.1, 0.15) is 23.6 Å². The van der Waals surface area contributed by atoms with Crippen molar-refractivity contribution in [3.05, 3.63) is 217 Å². The Labute approximate surface area is 315 Å². The van der Waals surface area contributed by atoms with E-state index in [2.05, 4.69) is 207 Å². The first kappa shape index (κ1) is 30.8. The largest absolute Gasteiger partial charge is 0.0622 e. The number of hydrogen-bond acceptors (Lipinski definition) is 0. The van der Waals surface area contributed by atoms with Crippen LogP contribution in [0.15, 0.2) is 200 Å². The molecule has 0 saturated carbocycles. The van der Waals surface area contributed by atoms with Crippen LogP contribution in [0, 0.1) is 0 Å². The molecule has 0 saturated heterocycles. The van der Waals surface area contributed by atoms with E-state index < -0.39 is 0 Å². The fraction of sp³-hybridized carbons (Fsp3) is 0.0370. The van der Waals surface area contributed by atoms with Crippen LogP contribution in [0.2, 0.25) is 0 Å². The molecule has 0 radical (unpaired) electrons. The molecule has 0 aliphatic heterocycles. The highest BCUT2D eigenvalue weighted by Crippen LogP contribution is 2.53. The SMILES string of the molecule is CC1(c2ccccc2)c2ccccc2-c2cc3ccc(-c4ccccc4-c4cccc(-c5c6ccccc6cc6c5ccc5ccccc56)c4)cc3cc21. The monoisotopic (exact) mass is 684 g/mol. The third-order valence-corrected chi connectivity index (χ3v) is 12.1. The fourth-order valence-electron chi connectivity index (χ4n) is 9.44. The molecule has 0 nitrogen and oxygen atoms in total. The van der Waals surface area contributed by atoms with Crippen LogP contribution in [-0.4, -0.2) is 0 Å². The van der Waals surface area contributed by atoms with Crippen LogP contribution in [-0.2, 0) is 5.41 Å². The van der Waals surface area contributed by atoms with Crippen molar-refractivity contribution < 1.29 is 0 Å². The van der Waals surface area contributed by atoms with Crippen LogP contribution in [0.4, 0.5) is 0 Å². The first-order chi connectivity index (χ1) is 26.6. The van der Waals surface area contributed by atoms with Crippen molar-refractivity contribution in [1.82, 2.24) is 0 Å². The van der Waals surface area contributed by atoms with Crippen LogP contribution in [0.5, 0.6) is 0 Å². The number of rotatable bonds is 4. The van der Waals surface area contributed by atoms with Gasteiger partial charge < -0.3 is 0 Å². The summed E-state index contributed by atoms with van der Waals surface area (Å²) in [5, 5.41) is 10.2. The van der Waals surface area contributed by atoms with Crippen LogP contribution >= 0.6 is 0 Å². The Morgan fingerprint density at radius 3 is 1.78 bits per heavy atom. The Balaban J connectivity index is 1.07. The summed E-state index contributed by atoms with van der Waals surface area (Å²) in [6, 6.07) is 74.4. The zero-order valence-corrected chi connectivity index (χ0v) is 30.1. The van der Waals surface area contributed by atoms with E-state index in [-0.39, 0.29) is 5.41 Å². The normalized spacial score (nSPS) is 14.8. The average molecular weight is 685 g/mol. The van der Waals surface area contributed by atoms with Gasteiger partial charge in [-0.3, -0.25) is 0 Å². The maximum atomic E-state index is 2.46. The Kier molecular flexibility index (Phi) is 6.78. The van der Waals surface area contributed by atoms with E-state index in [1.54, 1.807) is 0 Å². The summed E-state index contributed by atoms with van der Waals surface area (Å²) in [5.74, 6) is 0. The Hall–Kier alpha value is -6.76. The van der Waals surface area contributed by atoms with Gasteiger partial charge in [-0.1, -0.05) is 170 Å². The zero-order chi connectivity index (χ0) is 35.8. The molecule has 0 heterocycles. The second kappa shape index (κ2) is 11.9. The van der Waals surface area contributed by atoms with Gasteiger partial charge in [0, 0.05) is 5.41 Å². The molecule has 1 unspecified atom stereocenters. The molecule has 0 spiro atoms. The average Bonchev–Trinajstić information content (AvgIpc) is 3.49. The van der Waals surface area contributed by atoms with E-state index in [0.717, 1.165) is 0 Å². The third-order valence-electron chi connectivity index (χ3n) is 12.1. The minimum Gasteiger partial charge on any atom is -0.0622 e. The van der Waals surface area contributed by atoms with Crippen molar-refractivity contribution in [3.63, 3.8) is 0 Å². The molecular weight excluding hydrogens is 649 g/mol. The van der Waals surface area contributed by atoms with E-state index >= 15 is 0 Å². The number of fused-ring (bicyclic) bond motifs is 8. The van der Waals surface area contributed by atoms with Gasteiger partial charge in [0.25, 0.3) is 0 Å². The van der Waals surface area contributed by atoms with Gasteiger partial charge in [0.2, 0.25) is 0 Å². The van der Waals surface area contributed by atoms with Gasteiger partial charge in [-0.25, -0.2) is 0 Å². The highest BCUT2D eigenvalue weighted by molar-refractivity contribution is 6.20. The summed E-state index contributed by atoms with van der Waals surface area (Å²) in [5.41, 5.74) is 13.9. The van der Waals surface area contributed by atoms with Gasteiger partial charge in [-0.15, -0.1) is 0 Å². The first-order valence-corrected chi connectivity index (χ1v) is 18.9. The lowest BCUT2D eigenvalue weighted by molar-refractivity contribution is 0.715. The molecule has 0 heteroatoms. The van der Waals surface area contributed by atoms with E-state index in [1.165, 1.54) is 104 Å². The summed E-state index contributed by atoms with van der Waals surface area (Å²) in [6.45, 7) is 2.40.